The van der Waals surface area contributed by atoms with Gasteiger partial charge >= 0.3 is 12.1 Å². The van der Waals surface area contributed by atoms with Crippen LogP contribution in [0.3, 0.4) is 0 Å². The van der Waals surface area contributed by atoms with Gasteiger partial charge in [0.05, 0.1) is 0 Å². The number of aromatic nitrogens is 2. The van der Waals surface area contributed by atoms with Crippen molar-refractivity contribution in [2.24, 2.45) is 5.73 Å². The first kappa shape index (κ1) is 7.74. The summed E-state index contributed by atoms with van der Waals surface area (Å²) >= 11 is 5.45. The number of amides is 1. The average Bonchev–Trinajstić information content (AvgIpc) is 1.85. The monoisotopic (exact) mass is 173 g/mol. The molecule has 0 fully saturated rings. The standard InChI is InChI=1S/C5H4ClN3O2/c6-3-1-2-8-5(9-3)11-4(7)10/h1-2H,(H2,7,10). The van der Waals surface area contributed by atoms with Crippen molar-refractivity contribution in [3.05, 3.63) is 17.4 Å². The summed E-state index contributed by atoms with van der Waals surface area (Å²) in [6.07, 6.45) is 0.389. The smallest absolute Gasteiger partial charge is 0.374 e. The molecule has 1 aromatic heterocycles. The van der Waals surface area contributed by atoms with E-state index in [9.17, 15) is 4.79 Å². The van der Waals surface area contributed by atoms with E-state index >= 15 is 0 Å². The molecule has 0 spiro atoms. The molecule has 0 bridgehead atoms. The maximum atomic E-state index is 10.2. The van der Waals surface area contributed by atoms with Crippen LogP contribution < -0.4 is 10.5 Å². The van der Waals surface area contributed by atoms with Crippen molar-refractivity contribution in [3.8, 4) is 6.01 Å². The highest BCUT2D eigenvalue weighted by Gasteiger charge is 2.00. The largest absolute Gasteiger partial charge is 0.412 e. The van der Waals surface area contributed by atoms with Gasteiger partial charge in [-0.05, 0) is 6.07 Å². The molecule has 2 N–H and O–H groups in total. The van der Waals surface area contributed by atoms with Crippen molar-refractivity contribution in [2.75, 3.05) is 0 Å². The van der Waals surface area contributed by atoms with Crippen molar-refractivity contribution < 1.29 is 9.53 Å². The quantitative estimate of drug-likeness (QED) is 0.631. The van der Waals surface area contributed by atoms with Gasteiger partial charge in [-0.3, -0.25) is 0 Å². The van der Waals surface area contributed by atoms with Crippen molar-refractivity contribution >= 4 is 17.7 Å². The summed E-state index contributed by atoms with van der Waals surface area (Å²) in [6, 6.07) is 1.31. The second-order valence-electron chi connectivity index (χ2n) is 1.58. The maximum absolute atomic E-state index is 10.2. The predicted molar refractivity (Wildman–Crippen MR) is 37.3 cm³/mol. The van der Waals surface area contributed by atoms with Crippen LogP contribution in [0, 0.1) is 0 Å². The molecule has 0 saturated carbocycles. The van der Waals surface area contributed by atoms with E-state index in [4.69, 9.17) is 17.3 Å². The number of nitrogens with zero attached hydrogens (tertiary/aromatic N) is 2. The van der Waals surface area contributed by atoms with Crippen LogP contribution in [0.1, 0.15) is 0 Å². The fraction of sp³-hybridized carbons (Fsp3) is 0. The summed E-state index contributed by atoms with van der Waals surface area (Å²) < 4.78 is 4.33. The summed E-state index contributed by atoms with van der Waals surface area (Å²) in [6.45, 7) is 0. The Morgan fingerprint density at radius 1 is 1.73 bits per heavy atom. The molecular formula is C5H4ClN3O2. The number of rotatable bonds is 1. The van der Waals surface area contributed by atoms with E-state index < -0.39 is 6.09 Å². The third-order valence-electron chi connectivity index (χ3n) is 0.791. The van der Waals surface area contributed by atoms with Crippen molar-refractivity contribution in [1.29, 1.82) is 0 Å². The number of carbonyl (C=O) groups is 1. The molecule has 0 unspecified atom stereocenters. The second-order valence-corrected chi connectivity index (χ2v) is 1.97. The number of nitrogens with two attached hydrogens (primary N) is 1. The summed E-state index contributed by atoms with van der Waals surface area (Å²) in [5, 5.41) is 0.191. The van der Waals surface area contributed by atoms with Gasteiger partial charge in [0.2, 0.25) is 0 Å². The lowest BCUT2D eigenvalue weighted by Gasteiger charge is -1.96. The molecule has 1 rings (SSSR count). The Morgan fingerprint density at radius 2 is 2.45 bits per heavy atom. The Morgan fingerprint density at radius 3 is 3.00 bits per heavy atom. The fourth-order valence-corrected chi connectivity index (χ4v) is 0.588. The third-order valence-corrected chi connectivity index (χ3v) is 1.00. The number of hydrogen-bond donors (Lipinski definition) is 1. The first-order valence-corrected chi connectivity index (χ1v) is 3.02. The van der Waals surface area contributed by atoms with Gasteiger partial charge in [0.1, 0.15) is 5.15 Å². The lowest BCUT2D eigenvalue weighted by Crippen LogP contribution is -2.17. The second kappa shape index (κ2) is 3.16. The highest BCUT2D eigenvalue weighted by Crippen LogP contribution is 2.06. The maximum Gasteiger partial charge on any atom is 0.412 e. The van der Waals surface area contributed by atoms with Crippen LogP contribution >= 0.6 is 11.6 Å². The SMILES string of the molecule is NC(=O)Oc1nccc(Cl)n1. The Bertz CT molecular complexity index is 278. The van der Waals surface area contributed by atoms with Gasteiger partial charge in [-0.15, -0.1) is 0 Å². The Labute approximate surface area is 67.2 Å². The number of carbonyl (C=O) groups excluding carboxylic acids is 1. The van der Waals surface area contributed by atoms with E-state index in [1.807, 2.05) is 0 Å². The minimum atomic E-state index is -0.965. The van der Waals surface area contributed by atoms with Crippen molar-refractivity contribution in [1.82, 2.24) is 9.97 Å². The molecular weight excluding hydrogens is 170 g/mol. The summed E-state index contributed by atoms with van der Waals surface area (Å²) in [4.78, 5) is 17.3. The minimum absolute atomic E-state index is 0.148. The Balaban J connectivity index is 2.79. The molecule has 0 saturated heterocycles. The molecule has 1 heterocycles. The normalized spacial score (nSPS) is 9.18. The summed E-state index contributed by atoms with van der Waals surface area (Å²) in [5.74, 6) is 0. The highest BCUT2D eigenvalue weighted by atomic mass is 35.5. The Hall–Kier alpha value is -1.36. The van der Waals surface area contributed by atoms with E-state index in [1.54, 1.807) is 0 Å². The zero-order valence-corrected chi connectivity index (χ0v) is 6.08. The van der Waals surface area contributed by atoms with E-state index in [-0.39, 0.29) is 11.2 Å². The van der Waals surface area contributed by atoms with E-state index in [0.29, 0.717) is 0 Å². The van der Waals surface area contributed by atoms with Crippen LogP contribution in [0.15, 0.2) is 12.3 Å². The molecule has 0 radical (unpaired) electrons. The molecule has 1 amide bonds. The zero-order chi connectivity index (χ0) is 8.27. The molecule has 0 aliphatic heterocycles. The molecule has 11 heavy (non-hydrogen) atoms. The van der Waals surface area contributed by atoms with Crippen LogP contribution in [0.25, 0.3) is 0 Å². The van der Waals surface area contributed by atoms with Gasteiger partial charge in [0.15, 0.2) is 0 Å². The summed E-state index contributed by atoms with van der Waals surface area (Å²) in [5.41, 5.74) is 4.69. The molecule has 58 valence electrons. The lowest BCUT2D eigenvalue weighted by atomic mass is 10.7. The summed E-state index contributed by atoms with van der Waals surface area (Å²) in [7, 11) is 0. The van der Waals surface area contributed by atoms with E-state index in [2.05, 4.69) is 14.7 Å². The van der Waals surface area contributed by atoms with Gasteiger partial charge in [-0.1, -0.05) is 11.6 Å². The average molecular weight is 174 g/mol. The van der Waals surface area contributed by atoms with Crippen LogP contribution in [-0.4, -0.2) is 16.1 Å². The van der Waals surface area contributed by atoms with Gasteiger partial charge in [0, 0.05) is 6.20 Å². The number of ether oxygens (including phenoxy) is 1. The van der Waals surface area contributed by atoms with Crippen LogP contribution in [0.5, 0.6) is 6.01 Å². The van der Waals surface area contributed by atoms with Gasteiger partial charge < -0.3 is 10.5 Å². The Kier molecular flexibility index (Phi) is 2.22. The van der Waals surface area contributed by atoms with E-state index in [0.717, 1.165) is 0 Å². The molecule has 0 atom stereocenters. The molecule has 6 heteroatoms. The topological polar surface area (TPSA) is 78.1 Å². The highest BCUT2D eigenvalue weighted by molar-refractivity contribution is 6.29. The minimum Gasteiger partial charge on any atom is -0.374 e. The molecule has 5 nitrogen and oxygen atoms in total. The first-order chi connectivity index (χ1) is 5.18. The molecule has 1 aromatic rings. The van der Waals surface area contributed by atoms with Crippen LogP contribution in [0.4, 0.5) is 4.79 Å². The molecule has 0 aromatic carbocycles. The van der Waals surface area contributed by atoms with Gasteiger partial charge in [-0.2, -0.15) is 4.98 Å². The van der Waals surface area contributed by atoms with Gasteiger partial charge in [0.25, 0.3) is 0 Å². The third kappa shape index (κ3) is 2.38. The number of primary amides is 1. The van der Waals surface area contributed by atoms with Gasteiger partial charge in [-0.25, -0.2) is 9.78 Å². The lowest BCUT2D eigenvalue weighted by molar-refractivity contribution is 0.207. The fourth-order valence-electron chi connectivity index (χ4n) is 0.459. The molecule has 0 aliphatic rings. The van der Waals surface area contributed by atoms with Crippen molar-refractivity contribution in [3.63, 3.8) is 0 Å². The van der Waals surface area contributed by atoms with Crippen molar-refractivity contribution in [2.45, 2.75) is 0 Å². The van der Waals surface area contributed by atoms with Crippen LogP contribution in [0.2, 0.25) is 5.15 Å². The molecule has 0 aliphatic carbocycles. The zero-order valence-electron chi connectivity index (χ0n) is 5.32. The first-order valence-electron chi connectivity index (χ1n) is 2.64. The van der Waals surface area contributed by atoms with Crippen LogP contribution in [-0.2, 0) is 0 Å². The van der Waals surface area contributed by atoms with E-state index in [1.165, 1.54) is 12.3 Å². The number of hydrogen-bond acceptors (Lipinski definition) is 4. The predicted octanol–water partition coefficient (Wildman–Crippen LogP) is 0.588. The number of halogens is 1.